The highest BCUT2D eigenvalue weighted by Gasteiger charge is 2.12. The van der Waals surface area contributed by atoms with E-state index in [0.717, 1.165) is 10.1 Å². The number of carbonyl (C=O) groups excluding carboxylic acids is 2. The lowest BCUT2D eigenvalue weighted by Gasteiger charge is -2.04. The number of fused-ring (bicyclic) bond motifs is 1. The minimum absolute atomic E-state index is 0.0802. The minimum atomic E-state index is -0.564. The summed E-state index contributed by atoms with van der Waals surface area (Å²) in [5.74, 6) is 1.08. The van der Waals surface area contributed by atoms with E-state index in [1.165, 1.54) is 45.7 Å². The van der Waals surface area contributed by atoms with E-state index in [1.54, 1.807) is 23.9 Å². The third-order valence-corrected chi connectivity index (χ3v) is 7.44. The zero-order valence-corrected chi connectivity index (χ0v) is 18.7. The van der Waals surface area contributed by atoms with Gasteiger partial charge in [0, 0.05) is 5.75 Å². The first kappa shape index (κ1) is 21.4. The van der Waals surface area contributed by atoms with E-state index in [9.17, 15) is 9.59 Å². The Morgan fingerprint density at radius 1 is 0.968 bits per heavy atom. The number of rotatable bonds is 8. The van der Waals surface area contributed by atoms with Gasteiger partial charge in [0.15, 0.2) is 8.68 Å². The maximum Gasteiger partial charge on any atom is 0.321 e. The first-order valence-corrected chi connectivity index (χ1v) is 12.1. The molecule has 0 spiro atoms. The van der Waals surface area contributed by atoms with Crippen molar-refractivity contribution in [3.8, 4) is 0 Å². The van der Waals surface area contributed by atoms with E-state index in [4.69, 9.17) is 4.42 Å². The van der Waals surface area contributed by atoms with Crippen LogP contribution in [0.3, 0.4) is 0 Å². The number of imide groups is 1. The predicted molar refractivity (Wildman–Crippen MR) is 123 cm³/mol. The van der Waals surface area contributed by atoms with E-state index in [2.05, 4.69) is 51.2 Å². The highest BCUT2D eigenvalue weighted by molar-refractivity contribution is 8.03. The summed E-state index contributed by atoms with van der Waals surface area (Å²) in [6.45, 7) is 0.215. The van der Waals surface area contributed by atoms with Gasteiger partial charge >= 0.3 is 6.03 Å². The van der Waals surface area contributed by atoms with E-state index in [1.807, 2.05) is 12.1 Å². The molecule has 0 aliphatic carbocycles. The lowest BCUT2D eigenvalue weighted by Crippen LogP contribution is -2.39. The number of urea groups is 1. The lowest BCUT2D eigenvalue weighted by atomic mass is 10.1. The summed E-state index contributed by atoms with van der Waals surface area (Å²) >= 11 is 4.31. The van der Waals surface area contributed by atoms with Crippen molar-refractivity contribution in [3.05, 3.63) is 72.2 Å². The third kappa shape index (κ3) is 6.09. The van der Waals surface area contributed by atoms with Crippen LogP contribution in [0.15, 0.2) is 74.0 Å². The van der Waals surface area contributed by atoms with Gasteiger partial charge in [-0.1, -0.05) is 77.3 Å². The van der Waals surface area contributed by atoms with Crippen LogP contribution < -0.4 is 10.6 Å². The van der Waals surface area contributed by atoms with E-state index >= 15 is 0 Å². The van der Waals surface area contributed by atoms with E-state index in [-0.39, 0.29) is 12.3 Å². The summed E-state index contributed by atoms with van der Waals surface area (Å²) in [7, 11) is 0. The van der Waals surface area contributed by atoms with Gasteiger partial charge < -0.3 is 9.73 Å². The minimum Gasteiger partial charge on any atom is -0.467 e. The highest BCUT2D eigenvalue weighted by Crippen LogP contribution is 2.32. The molecule has 158 valence electrons. The number of benzene rings is 2. The Morgan fingerprint density at radius 3 is 2.61 bits per heavy atom. The smallest absolute Gasteiger partial charge is 0.321 e. The van der Waals surface area contributed by atoms with Crippen LogP contribution in [0.25, 0.3) is 10.8 Å². The molecule has 0 saturated carbocycles. The Hall–Kier alpha value is -2.82. The zero-order valence-electron chi connectivity index (χ0n) is 16.2. The maximum absolute atomic E-state index is 12.0. The Labute approximate surface area is 191 Å². The second kappa shape index (κ2) is 10.5. The Kier molecular flexibility index (Phi) is 7.23. The van der Waals surface area contributed by atoms with Gasteiger partial charge in [0.25, 0.3) is 0 Å². The van der Waals surface area contributed by atoms with Crippen LogP contribution in [0, 0.1) is 0 Å². The largest absolute Gasteiger partial charge is 0.467 e. The summed E-state index contributed by atoms with van der Waals surface area (Å²) < 4.78 is 6.64. The number of nitrogens with one attached hydrogen (secondary N) is 2. The normalized spacial score (nSPS) is 10.8. The van der Waals surface area contributed by atoms with Crippen molar-refractivity contribution in [1.82, 2.24) is 20.8 Å². The molecule has 0 fully saturated rings. The standard InChI is InChI=1S/C21H18N4O3S3/c26-18(23-19(27)22-11-16-8-4-10-28-16)13-30-21-25-24-20(31-21)29-12-15-7-3-6-14-5-1-2-9-17(14)15/h1-10H,11-13H2,(H2,22,23,26,27). The molecule has 7 nitrogen and oxygen atoms in total. The van der Waals surface area contributed by atoms with Crippen LogP contribution in [-0.2, 0) is 17.1 Å². The van der Waals surface area contributed by atoms with Gasteiger partial charge in [-0.2, -0.15) is 0 Å². The van der Waals surface area contributed by atoms with Crippen LogP contribution in [0.2, 0.25) is 0 Å². The average molecular weight is 471 g/mol. The summed E-state index contributed by atoms with van der Waals surface area (Å²) in [6, 6.07) is 17.5. The van der Waals surface area contributed by atoms with E-state index < -0.39 is 11.9 Å². The Morgan fingerprint density at radius 2 is 1.77 bits per heavy atom. The number of thioether (sulfide) groups is 2. The SMILES string of the molecule is O=C(CSc1nnc(SCc2cccc3ccccc23)s1)NC(=O)NCc1ccco1. The van der Waals surface area contributed by atoms with Crippen molar-refractivity contribution in [2.75, 3.05) is 5.75 Å². The molecule has 2 aromatic carbocycles. The molecule has 2 aromatic heterocycles. The van der Waals surface area contributed by atoms with Gasteiger partial charge in [0.05, 0.1) is 18.6 Å². The second-order valence-corrected chi connectivity index (χ2v) is 9.78. The monoisotopic (exact) mass is 470 g/mol. The summed E-state index contributed by atoms with van der Waals surface area (Å²) in [5.41, 5.74) is 1.24. The fourth-order valence-electron chi connectivity index (χ4n) is 2.79. The van der Waals surface area contributed by atoms with Crippen LogP contribution >= 0.6 is 34.9 Å². The number of aromatic nitrogens is 2. The molecule has 0 unspecified atom stereocenters. The van der Waals surface area contributed by atoms with Crippen LogP contribution in [0.1, 0.15) is 11.3 Å². The topological polar surface area (TPSA) is 97.1 Å². The molecule has 0 radical (unpaired) electrons. The van der Waals surface area contributed by atoms with Gasteiger partial charge in [-0.25, -0.2) is 4.79 Å². The fourth-order valence-corrected chi connectivity index (χ4v) is 5.61. The number of furan rings is 1. The molecule has 0 atom stereocenters. The van der Waals surface area contributed by atoms with Crippen molar-refractivity contribution in [2.24, 2.45) is 0 Å². The number of hydrogen-bond acceptors (Lipinski definition) is 8. The van der Waals surface area contributed by atoms with Gasteiger partial charge in [-0.3, -0.25) is 10.1 Å². The predicted octanol–water partition coefficient (Wildman–Crippen LogP) is 4.69. The molecular formula is C21H18N4O3S3. The first-order chi connectivity index (χ1) is 15.2. The van der Waals surface area contributed by atoms with Crippen molar-refractivity contribution < 1.29 is 14.0 Å². The molecule has 0 saturated heterocycles. The van der Waals surface area contributed by atoms with Crippen LogP contribution in [0.5, 0.6) is 0 Å². The number of carbonyl (C=O) groups is 2. The lowest BCUT2D eigenvalue weighted by molar-refractivity contribution is -0.117. The van der Waals surface area contributed by atoms with Crippen molar-refractivity contribution in [1.29, 1.82) is 0 Å². The fraction of sp³-hybridized carbons (Fsp3) is 0.143. The van der Waals surface area contributed by atoms with Crippen LogP contribution in [0.4, 0.5) is 4.79 Å². The van der Waals surface area contributed by atoms with Gasteiger partial charge in [0.2, 0.25) is 5.91 Å². The van der Waals surface area contributed by atoms with Crippen molar-refractivity contribution in [3.63, 3.8) is 0 Å². The summed E-state index contributed by atoms with van der Waals surface area (Å²) in [4.78, 5) is 23.7. The van der Waals surface area contributed by atoms with Crippen molar-refractivity contribution in [2.45, 2.75) is 21.0 Å². The first-order valence-electron chi connectivity index (χ1n) is 9.33. The molecular weight excluding hydrogens is 452 g/mol. The summed E-state index contributed by atoms with van der Waals surface area (Å²) in [5, 5.41) is 15.6. The molecule has 0 bridgehead atoms. The molecule has 31 heavy (non-hydrogen) atoms. The third-order valence-electron chi connectivity index (χ3n) is 4.20. The van der Waals surface area contributed by atoms with Crippen molar-refractivity contribution >= 4 is 57.6 Å². The maximum atomic E-state index is 12.0. The molecule has 10 heteroatoms. The second-order valence-electron chi connectivity index (χ2n) is 6.36. The Balaban J connectivity index is 1.22. The number of hydrogen-bond donors (Lipinski definition) is 2. The quantitative estimate of drug-likeness (QED) is 0.360. The zero-order chi connectivity index (χ0) is 21.5. The molecule has 4 rings (SSSR count). The molecule has 2 heterocycles. The number of amides is 3. The van der Waals surface area contributed by atoms with Gasteiger partial charge in [-0.05, 0) is 28.5 Å². The van der Waals surface area contributed by atoms with Gasteiger partial charge in [-0.15, -0.1) is 10.2 Å². The number of nitrogens with zero attached hydrogens (tertiary/aromatic N) is 2. The molecule has 0 aliphatic heterocycles. The highest BCUT2D eigenvalue weighted by atomic mass is 32.2. The summed E-state index contributed by atoms with van der Waals surface area (Å²) in [6.07, 6.45) is 1.52. The van der Waals surface area contributed by atoms with Gasteiger partial charge in [0.1, 0.15) is 5.76 Å². The molecule has 4 aromatic rings. The van der Waals surface area contributed by atoms with Crippen LogP contribution in [-0.4, -0.2) is 27.9 Å². The molecule has 3 amide bonds. The molecule has 2 N–H and O–H groups in total. The van der Waals surface area contributed by atoms with E-state index in [0.29, 0.717) is 10.1 Å². The molecule has 0 aliphatic rings. The average Bonchev–Trinajstić information content (AvgIpc) is 3.47. The Bertz CT molecular complexity index is 1170.